The summed E-state index contributed by atoms with van der Waals surface area (Å²) in [7, 11) is 0. The summed E-state index contributed by atoms with van der Waals surface area (Å²) in [5, 5.41) is 10.2. The molecule has 2 aromatic rings. The van der Waals surface area contributed by atoms with Gasteiger partial charge in [0, 0.05) is 12.0 Å². The molecule has 1 aliphatic heterocycles. The molecule has 3 rings (SSSR count). The number of ether oxygens (including phenoxy) is 1. The van der Waals surface area contributed by atoms with Gasteiger partial charge in [-0.1, -0.05) is 23.8 Å². The van der Waals surface area contributed by atoms with E-state index in [0.29, 0.717) is 17.7 Å². The number of fused-ring (bicyclic) bond motifs is 1. The van der Waals surface area contributed by atoms with Gasteiger partial charge in [-0.2, -0.15) is 0 Å². The average Bonchev–Trinajstić information content (AvgIpc) is 2.39. The first-order chi connectivity index (χ1) is 9.54. The van der Waals surface area contributed by atoms with Crippen molar-refractivity contribution >= 4 is 0 Å². The van der Waals surface area contributed by atoms with Crippen LogP contribution in [0.15, 0.2) is 36.4 Å². The van der Waals surface area contributed by atoms with E-state index >= 15 is 0 Å². The Hall–Kier alpha value is -1.87. The molecule has 0 saturated carbocycles. The Morgan fingerprint density at radius 2 is 1.90 bits per heavy atom. The van der Waals surface area contributed by atoms with E-state index in [1.54, 1.807) is 6.07 Å². The van der Waals surface area contributed by atoms with E-state index in [1.165, 1.54) is 17.7 Å². The monoisotopic (exact) mass is 272 g/mol. The molecule has 0 spiro atoms. The van der Waals surface area contributed by atoms with Crippen LogP contribution in [0, 0.1) is 19.7 Å². The Morgan fingerprint density at radius 1 is 1.10 bits per heavy atom. The van der Waals surface area contributed by atoms with Crippen LogP contribution in [-0.2, 0) is 0 Å². The van der Waals surface area contributed by atoms with Crippen LogP contribution >= 0.6 is 0 Å². The lowest BCUT2D eigenvalue weighted by Gasteiger charge is -2.30. The van der Waals surface area contributed by atoms with Crippen LogP contribution in [0.4, 0.5) is 4.39 Å². The van der Waals surface area contributed by atoms with Crippen LogP contribution in [0.25, 0.3) is 0 Å². The predicted octanol–water partition coefficient (Wildman–Crippen LogP) is 4.00. The number of hydrogen-bond acceptors (Lipinski definition) is 2. The highest BCUT2D eigenvalue weighted by Crippen LogP contribution is 2.41. The number of halogens is 1. The van der Waals surface area contributed by atoms with E-state index < -0.39 is 6.10 Å². The number of benzene rings is 2. The number of hydrogen-bond donors (Lipinski definition) is 1. The van der Waals surface area contributed by atoms with E-state index in [4.69, 9.17) is 4.74 Å². The molecule has 0 aliphatic carbocycles. The lowest BCUT2D eigenvalue weighted by molar-refractivity contribution is 0.0650. The number of aliphatic hydroxyl groups is 1. The minimum Gasteiger partial charge on any atom is -0.485 e. The van der Waals surface area contributed by atoms with Crippen LogP contribution < -0.4 is 4.74 Å². The summed E-state index contributed by atoms with van der Waals surface area (Å²) in [6, 6.07) is 10.5. The van der Waals surface area contributed by atoms with Crippen molar-refractivity contribution in [3.63, 3.8) is 0 Å². The van der Waals surface area contributed by atoms with Gasteiger partial charge in [0.15, 0.2) is 0 Å². The smallest absolute Gasteiger partial charge is 0.127 e. The minimum atomic E-state index is -0.694. The van der Waals surface area contributed by atoms with Gasteiger partial charge in [0.25, 0.3) is 0 Å². The van der Waals surface area contributed by atoms with Crippen LogP contribution in [0.5, 0.6) is 5.75 Å². The standard InChI is InChI=1S/C17H17FO2/c1-10-3-5-13(11(2)7-10)17-9-15(19)14-8-12(18)4-6-16(14)20-17/h3-8,15,17,19H,9H2,1-2H3/t15-,17?/m0/s1. The van der Waals surface area contributed by atoms with Gasteiger partial charge in [-0.3, -0.25) is 0 Å². The predicted molar refractivity (Wildman–Crippen MR) is 75.3 cm³/mol. The van der Waals surface area contributed by atoms with E-state index in [9.17, 15) is 9.50 Å². The van der Waals surface area contributed by atoms with Crippen molar-refractivity contribution in [2.45, 2.75) is 32.5 Å². The SMILES string of the molecule is Cc1ccc(C2C[C@H](O)c3cc(F)ccc3O2)c(C)c1. The number of aryl methyl sites for hydroxylation is 2. The molecule has 1 N–H and O–H groups in total. The molecule has 0 saturated heterocycles. The maximum atomic E-state index is 13.2. The van der Waals surface area contributed by atoms with Gasteiger partial charge in [0.05, 0.1) is 6.10 Å². The zero-order chi connectivity index (χ0) is 14.3. The summed E-state index contributed by atoms with van der Waals surface area (Å²) >= 11 is 0. The van der Waals surface area contributed by atoms with Crippen molar-refractivity contribution < 1.29 is 14.2 Å². The maximum Gasteiger partial charge on any atom is 0.127 e. The number of aliphatic hydroxyl groups excluding tert-OH is 1. The van der Waals surface area contributed by atoms with E-state index in [1.807, 2.05) is 26.0 Å². The molecule has 1 heterocycles. The third-order valence-electron chi connectivity index (χ3n) is 3.81. The molecular formula is C17H17FO2. The van der Waals surface area contributed by atoms with Crippen molar-refractivity contribution in [2.75, 3.05) is 0 Å². The van der Waals surface area contributed by atoms with Gasteiger partial charge >= 0.3 is 0 Å². The summed E-state index contributed by atoms with van der Waals surface area (Å²) in [6.45, 7) is 4.09. The van der Waals surface area contributed by atoms with Gasteiger partial charge < -0.3 is 9.84 Å². The quantitative estimate of drug-likeness (QED) is 0.850. The Bertz CT molecular complexity index is 651. The highest BCUT2D eigenvalue weighted by atomic mass is 19.1. The van der Waals surface area contributed by atoms with Crippen LogP contribution in [0.3, 0.4) is 0 Å². The summed E-state index contributed by atoms with van der Waals surface area (Å²) in [6.07, 6.45) is -0.441. The fraction of sp³-hybridized carbons (Fsp3) is 0.294. The van der Waals surface area contributed by atoms with Crippen molar-refractivity contribution in [1.29, 1.82) is 0 Å². The Morgan fingerprint density at radius 3 is 2.65 bits per heavy atom. The summed E-state index contributed by atoms with van der Waals surface area (Å²) < 4.78 is 19.2. The first-order valence-corrected chi connectivity index (χ1v) is 6.76. The highest BCUT2D eigenvalue weighted by Gasteiger charge is 2.29. The molecule has 2 nitrogen and oxygen atoms in total. The first kappa shape index (κ1) is 13.1. The van der Waals surface area contributed by atoms with Crippen molar-refractivity contribution in [3.8, 4) is 5.75 Å². The zero-order valence-corrected chi connectivity index (χ0v) is 11.6. The second-order valence-electron chi connectivity index (χ2n) is 5.40. The molecule has 2 atom stereocenters. The molecule has 0 amide bonds. The molecule has 1 aliphatic rings. The Kier molecular flexibility index (Phi) is 3.22. The summed E-state index contributed by atoms with van der Waals surface area (Å²) in [4.78, 5) is 0. The summed E-state index contributed by atoms with van der Waals surface area (Å²) in [5.41, 5.74) is 3.95. The minimum absolute atomic E-state index is 0.191. The molecule has 0 bridgehead atoms. The molecular weight excluding hydrogens is 255 g/mol. The van der Waals surface area contributed by atoms with E-state index in [0.717, 1.165) is 11.1 Å². The fourth-order valence-electron chi connectivity index (χ4n) is 2.80. The fourth-order valence-corrected chi connectivity index (χ4v) is 2.80. The van der Waals surface area contributed by atoms with Gasteiger partial charge in [-0.05, 0) is 43.2 Å². The molecule has 0 radical (unpaired) electrons. The normalized spacial score (nSPS) is 21.2. The molecule has 0 aromatic heterocycles. The lowest BCUT2D eigenvalue weighted by Crippen LogP contribution is -2.20. The zero-order valence-electron chi connectivity index (χ0n) is 11.6. The van der Waals surface area contributed by atoms with E-state index in [2.05, 4.69) is 6.07 Å². The molecule has 3 heteroatoms. The van der Waals surface area contributed by atoms with Crippen LogP contribution in [0.1, 0.15) is 40.9 Å². The summed E-state index contributed by atoms with van der Waals surface area (Å²) in [5.74, 6) is 0.214. The first-order valence-electron chi connectivity index (χ1n) is 6.76. The maximum absolute atomic E-state index is 13.2. The topological polar surface area (TPSA) is 29.5 Å². The second-order valence-corrected chi connectivity index (χ2v) is 5.40. The Labute approximate surface area is 117 Å². The third kappa shape index (κ3) is 2.29. The van der Waals surface area contributed by atoms with Crippen LogP contribution in [0.2, 0.25) is 0 Å². The lowest BCUT2D eigenvalue weighted by atomic mass is 9.92. The largest absolute Gasteiger partial charge is 0.485 e. The molecule has 2 aromatic carbocycles. The molecule has 20 heavy (non-hydrogen) atoms. The number of rotatable bonds is 1. The van der Waals surface area contributed by atoms with Gasteiger partial charge in [-0.25, -0.2) is 4.39 Å². The highest BCUT2D eigenvalue weighted by molar-refractivity contribution is 5.40. The third-order valence-corrected chi connectivity index (χ3v) is 3.81. The average molecular weight is 272 g/mol. The second kappa shape index (κ2) is 4.91. The molecule has 0 fully saturated rings. The van der Waals surface area contributed by atoms with E-state index in [-0.39, 0.29) is 11.9 Å². The van der Waals surface area contributed by atoms with Gasteiger partial charge in [0.1, 0.15) is 17.7 Å². The van der Waals surface area contributed by atoms with Crippen LogP contribution in [-0.4, -0.2) is 5.11 Å². The Balaban J connectivity index is 1.97. The van der Waals surface area contributed by atoms with Crippen molar-refractivity contribution in [1.82, 2.24) is 0 Å². The van der Waals surface area contributed by atoms with Crippen molar-refractivity contribution in [3.05, 3.63) is 64.5 Å². The van der Waals surface area contributed by atoms with Gasteiger partial charge in [-0.15, -0.1) is 0 Å². The van der Waals surface area contributed by atoms with Gasteiger partial charge in [0.2, 0.25) is 0 Å². The molecule has 1 unspecified atom stereocenters. The van der Waals surface area contributed by atoms with Crippen molar-refractivity contribution in [2.24, 2.45) is 0 Å². The molecule has 104 valence electrons.